The van der Waals surface area contributed by atoms with Gasteiger partial charge in [-0.2, -0.15) is 26.3 Å². The summed E-state index contributed by atoms with van der Waals surface area (Å²) in [5.74, 6) is 0.692. The lowest BCUT2D eigenvalue weighted by atomic mass is 10.1. The molecule has 0 spiro atoms. The summed E-state index contributed by atoms with van der Waals surface area (Å²) in [5, 5.41) is 0. The van der Waals surface area contributed by atoms with E-state index < -0.39 is 23.5 Å². The molecule has 32 heavy (non-hydrogen) atoms. The summed E-state index contributed by atoms with van der Waals surface area (Å²) in [7, 11) is 0. The van der Waals surface area contributed by atoms with Crippen molar-refractivity contribution >= 4 is 35.9 Å². The highest BCUT2D eigenvalue weighted by molar-refractivity contribution is 8.16. The molecule has 0 fully saturated rings. The first-order chi connectivity index (χ1) is 14.6. The maximum Gasteiger partial charge on any atom is 0.416 e. The maximum atomic E-state index is 12.9. The van der Waals surface area contributed by atoms with Crippen molar-refractivity contribution in [3.63, 3.8) is 0 Å². The molecule has 11 heteroatoms. The molecule has 2 nitrogen and oxygen atoms in total. The van der Waals surface area contributed by atoms with E-state index in [0.717, 1.165) is 24.3 Å². The van der Waals surface area contributed by atoms with Crippen LogP contribution >= 0.6 is 35.9 Å². The van der Waals surface area contributed by atoms with Gasteiger partial charge in [0.15, 0.2) is 0 Å². The van der Waals surface area contributed by atoms with Gasteiger partial charge < -0.3 is 4.57 Å². The molecule has 0 bridgehead atoms. The van der Waals surface area contributed by atoms with Crippen molar-refractivity contribution in [2.24, 2.45) is 0 Å². The highest BCUT2D eigenvalue weighted by Gasteiger charge is 2.31. The van der Waals surface area contributed by atoms with Gasteiger partial charge in [-0.3, -0.25) is 0 Å². The lowest BCUT2D eigenvalue weighted by molar-refractivity contribution is -0.138. The summed E-state index contributed by atoms with van der Waals surface area (Å²) in [4.78, 5) is 3.98. The molecule has 3 aromatic rings. The summed E-state index contributed by atoms with van der Waals surface area (Å²) in [6.45, 7) is 0.521. The van der Waals surface area contributed by atoms with Gasteiger partial charge in [-0.05, 0) is 23.3 Å². The average molecular weight is 513 g/mol. The van der Waals surface area contributed by atoms with E-state index >= 15 is 0 Å². The SMILES string of the molecule is Cl.FC(F)(F)c1cccc(CSC(Cn2ccnc2)SCc2cccc(C(F)(F)F)c2)c1. The topological polar surface area (TPSA) is 17.8 Å². The van der Waals surface area contributed by atoms with Gasteiger partial charge in [0.1, 0.15) is 0 Å². The Kier molecular flexibility index (Phi) is 9.41. The van der Waals surface area contributed by atoms with Gasteiger partial charge in [0, 0.05) is 30.4 Å². The monoisotopic (exact) mass is 512 g/mol. The zero-order chi connectivity index (χ0) is 22.5. The molecule has 2 aromatic carbocycles. The van der Waals surface area contributed by atoms with Gasteiger partial charge in [-0.15, -0.1) is 35.9 Å². The van der Waals surface area contributed by atoms with E-state index in [9.17, 15) is 26.3 Å². The third-order valence-electron chi connectivity index (χ3n) is 4.30. The zero-order valence-electron chi connectivity index (χ0n) is 16.4. The second-order valence-corrected chi connectivity index (χ2v) is 9.39. The number of hydrogen-bond acceptors (Lipinski definition) is 3. The predicted molar refractivity (Wildman–Crippen MR) is 119 cm³/mol. The fraction of sp³-hybridized carbons (Fsp3) is 0.286. The molecule has 0 aliphatic heterocycles. The highest BCUT2D eigenvalue weighted by Crippen LogP contribution is 2.35. The van der Waals surface area contributed by atoms with Gasteiger partial charge in [0.05, 0.1) is 22.0 Å². The molecule has 1 heterocycles. The Morgan fingerprint density at radius 3 is 1.72 bits per heavy atom. The standard InChI is InChI=1S/C21H18F6N2S2.ClH/c22-20(23,24)17-5-1-3-15(9-17)12-30-19(11-29-8-7-28-14-29)31-13-16-4-2-6-18(10-16)21(25,26)27;/h1-10,14,19H,11-13H2;1H. The van der Waals surface area contributed by atoms with Crippen LogP contribution in [0, 0.1) is 0 Å². The maximum absolute atomic E-state index is 12.9. The van der Waals surface area contributed by atoms with Crippen molar-refractivity contribution in [2.75, 3.05) is 0 Å². The Hall–Kier alpha value is -1.78. The number of thioether (sulfide) groups is 2. The average Bonchev–Trinajstić information content (AvgIpc) is 3.22. The molecule has 0 aliphatic carbocycles. The van der Waals surface area contributed by atoms with E-state index in [1.165, 1.54) is 35.7 Å². The van der Waals surface area contributed by atoms with Crippen molar-refractivity contribution in [3.05, 3.63) is 89.5 Å². The number of halogens is 7. The summed E-state index contributed by atoms with van der Waals surface area (Å²) in [5.41, 5.74) is -0.327. The van der Waals surface area contributed by atoms with Crippen molar-refractivity contribution < 1.29 is 26.3 Å². The first-order valence-corrected chi connectivity index (χ1v) is 11.2. The van der Waals surface area contributed by atoms with Gasteiger partial charge in [0.25, 0.3) is 0 Å². The summed E-state index contributed by atoms with van der Waals surface area (Å²) in [6.07, 6.45) is -3.80. The van der Waals surface area contributed by atoms with Crippen LogP contribution in [0.5, 0.6) is 0 Å². The molecule has 0 aliphatic rings. The Balaban J connectivity index is 0.00000363. The number of aromatic nitrogens is 2. The van der Waals surface area contributed by atoms with E-state index in [4.69, 9.17) is 0 Å². The van der Waals surface area contributed by atoms with Gasteiger partial charge >= 0.3 is 12.4 Å². The second-order valence-electron chi connectivity index (χ2n) is 6.71. The van der Waals surface area contributed by atoms with Crippen LogP contribution in [-0.4, -0.2) is 14.1 Å². The number of hydrogen-bond donors (Lipinski definition) is 0. The first-order valence-electron chi connectivity index (χ1n) is 9.12. The minimum absolute atomic E-state index is 0. The lowest BCUT2D eigenvalue weighted by Crippen LogP contribution is -2.10. The number of benzene rings is 2. The Labute approximate surface area is 196 Å². The second kappa shape index (κ2) is 11.4. The minimum atomic E-state index is -4.41. The van der Waals surface area contributed by atoms with Crippen molar-refractivity contribution in [1.82, 2.24) is 9.55 Å². The smallest absolute Gasteiger partial charge is 0.336 e. The van der Waals surface area contributed by atoms with E-state index in [0.29, 0.717) is 29.2 Å². The van der Waals surface area contributed by atoms with Crippen LogP contribution < -0.4 is 0 Å². The highest BCUT2D eigenvalue weighted by atomic mass is 35.5. The summed E-state index contributed by atoms with van der Waals surface area (Å²) in [6, 6.07) is 10.3. The fourth-order valence-electron chi connectivity index (χ4n) is 2.77. The Morgan fingerprint density at radius 1 is 0.812 bits per heavy atom. The van der Waals surface area contributed by atoms with E-state index in [1.807, 2.05) is 4.57 Å². The van der Waals surface area contributed by atoms with Crippen molar-refractivity contribution in [3.8, 4) is 0 Å². The number of nitrogens with zero attached hydrogens (tertiary/aromatic N) is 2. The van der Waals surface area contributed by atoms with Crippen LogP contribution in [0.1, 0.15) is 22.3 Å². The Bertz CT molecular complexity index is 915. The van der Waals surface area contributed by atoms with E-state index in [2.05, 4.69) is 4.98 Å². The lowest BCUT2D eigenvalue weighted by Gasteiger charge is -2.18. The number of alkyl halides is 6. The largest absolute Gasteiger partial charge is 0.416 e. The first kappa shape index (κ1) is 26.5. The molecular weight excluding hydrogens is 494 g/mol. The van der Waals surface area contributed by atoms with Crippen LogP contribution in [0.2, 0.25) is 0 Å². The molecule has 3 rings (SSSR count). The normalized spacial score (nSPS) is 12.1. The van der Waals surface area contributed by atoms with Crippen LogP contribution in [0.3, 0.4) is 0 Å². The molecular formula is C21H19ClF6N2S2. The molecule has 0 saturated heterocycles. The van der Waals surface area contributed by atoms with Crippen molar-refractivity contribution in [1.29, 1.82) is 0 Å². The Morgan fingerprint density at radius 2 is 1.31 bits per heavy atom. The molecule has 0 radical (unpaired) electrons. The molecule has 0 N–H and O–H groups in total. The predicted octanol–water partition coefficient (Wildman–Crippen LogP) is 7.54. The molecule has 0 atom stereocenters. The van der Waals surface area contributed by atoms with Gasteiger partial charge in [-0.25, -0.2) is 4.98 Å². The minimum Gasteiger partial charge on any atom is -0.336 e. The molecule has 174 valence electrons. The van der Waals surface area contributed by atoms with E-state index in [-0.39, 0.29) is 17.0 Å². The van der Waals surface area contributed by atoms with Crippen LogP contribution in [0.25, 0.3) is 0 Å². The number of imidazole rings is 1. The number of rotatable bonds is 8. The van der Waals surface area contributed by atoms with Crippen LogP contribution in [-0.2, 0) is 30.4 Å². The fourth-order valence-corrected chi connectivity index (χ4v) is 5.24. The molecule has 0 amide bonds. The zero-order valence-corrected chi connectivity index (χ0v) is 18.9. The molecule has 0 unspecified atom stereocenters. The van der Waals surface area contributed by atoms with Crippen LogP contribution in [0.4, 0.5) is 26.3 Å². The van der Waals surface area contributed by atoms with Gasteiger partial charge in [-0.1, -0.05) is 36.4 Å². The van der Waals surface area contributed by atoms with Crippen molar-refractivity contribution in [2.45, 2.75) is 35.0 Å². The molecule has 0 saturated carbocycles. The summed E-state index contributed by atoms with van der Waals surface area (Å²) < 4.78 is 79.4. The van der Waals surface area contributed by atoms with E-state index in [1.54, 1.807) is 30.9 Å². The summed E-state index contributed by atoms with van der Waals surface area (Å²) >= 11 is 2.89. The quantitative estimate of drug-likeness (QED) is 0.229. The van der Waals surface area contributed by atoms with Crippen LogP contribution in [0.15, 0.2) is 67.3 Å². The molecule has 1 aromatic heterocycles. The third-order valence-corrected chi connectivity index (χ3v) is 7.16. The third kappa shape index (κ3) is 7.97. The van der Waals surface area contributed by atoms with Gasteiger partial charge in [0.2, 0.25) is 0 Å².